The van der Waals surface area contributed by atoms with Gasteiger partial charge in [-0.15, -0.1) is 0 Å². The maximum Gasteiger partial charge on any atom is 0.269 e. The number of nitro groups is 1. The lowest BCUT2D eigenvalue weighted by molar-refractivity contribution is -0.384. The number of benzene rings is 1. The van der Waals surface area contributed by atoms with Gasteiger partial charge in [-0.25, -0.2) is 4.99 Å². The molecule has 5 nitrogen and oxygen atoms in total. The van der Waals surface area contributed by atoms with Crippen molar-refractivity contribution in [3.63, 3.8) is 0 Å². The van der Waals surface area contributed by atoms with E-state index in [1.807, 2.05) is 13.8 Å². The highest BCUT2D eigenvalue weighted by Crippen LogP contribution is 2.40. The van der Waals surface area contributed by atoms with E-state index in [2.05, 4.69) is 18.5 Å². The highest BCUT2D eigenvalue weighted by Gasteiger charge is 2.32. The monoisotopic (exact) mass is 328 g/mol. The highest BCUT2D eigenvalue weighted by molar-refractivity contribution is 5.88. The topological polar surface area (TPSA) is 64.7 Å². The smallest absolute Gasteiger partial charge is 0.269 e. The molecule has 24 heavy (non-hydrogen) atoms. The van der Waals surface area contributed by atoms with Gasteiger partial charge in [-0.1, -0.05) is 19.9 Å². The van der Waals surface area contributed by atoms with Crippen molar-refractivity contribution < 1.29 is 9.66 Å². The molecule has 0 bridgehead atoms. The molecule has 0 N–H and O–H groups in total. The fourth-order valence-corrected chi connectivity index (χ4v) is 2.76. The SMILES string of the molecule is C=CC(=N/C=C(\C)c1ccc([N+](=O)[O-])cc1C)OCC1(C)CCC1. The van der Waals surface area contributed by atoms with Crippen molar-refractivity contribution in [2.24, 2.45) is 10.4 Å². The van der Waals surface area contributed by atoms with Gasteiger partial charge in [0.15, 0.2) is 0 Å². The number of hydrogen-bond donors (Lipinski definition) is 0. The fraction of sp³-hybridized carbons (Fsp3) is 0.421. The molecule has 0 spiro atoms. The Morgan fingerprint density at radius 3 is 2.71 bits per heavy atom. The van der Waals surface area contributed by atoms with Crippen LogP contribution in [0, 0.1) is 22.5 Å². The number of ether oxygens (including phenoxy) is 1. The van der Waals surface area contributed by atoms with Crippen molar-refractivity contribution in [1.82, 2.24) is 0 Å². The molecule has 0 atom stereocenters. The Bertz CT molecular complexity index is 701. The van der Waals surface area contributed by atoms with Gasteiger partial charge in [-0.05, 0) is 55.5 Å². The van der Waals surface area contributed by atoms with E-state index in [0.717, 1.165) is 16.7 Å². The Hall–Kier alpha value is -2.43. The molecule has 1 aliphatic rings. The van der Waals surface area contributed by atoms with Crippen molar-refractivity contribution >= 4 is 17.2 Å². The van der Waals surface area contributed by atoms with Crippen LogP contribution in [-0.2, 0) is 4.74 Å². The van der Waals surface area contributed by atoms with Crippen LogP contribution in [0.4, 0.5) is 5.69 Å². The van der Waals surface area contributed by atoms with Crippen LogP contribution in [0.5, 0.6) is 0 Å². The van der Waals surface area contributed by atoms with Crippen LogP contribution in [0.25, 0.3) is 5.57 Å². The molecular weight excluding hydrogens is 304 g/mol. The summed E-state index contributed by atoms with van der Waals surface area (Å²) in [6.45, 7) is 10.4. The van der Waals surface area contributed by atoms with Crippen LogP contribution in [0.3, 0.4) is 0 Å². The zero-order valence-corrected chi connectivity index (χ0v) is 14.5. The summed E-state index contributed by atoms with van der Waals surface area (Å²) in [5.74, 6) is 0.502. The van der Waals surface area contributed by atoms with E-state index in [1.54, 1.807) is 24.4 Å². The van der Waals surface area contributed by atoms with Crippen molar-refractivity contribution in [2.75, 3.05) is 6.61 Å². The minimum atomic E-state index is -0.390. The summed E-state index contributed by atoms with van der Waals surface area (Å²) in [5.41, 5.74) is 3.05. The van der Waals surface area contributed by atoms with Crippen LogP contribution < -0.4 is 0 Å². The predicted molar refractivity (Wildman–Crippen MR) is 97.0 cm³/mol. The first kappa shape index (κ1) is 17.9. The Morgan fingerprint density at radius 1 is 1.50 bits per heavy atom. The Kier molecular flexibility index (Phi) is 5.54. The Morgan fingerprint density at radius 2 is 2.21 bits per heavy atom. The molecule has 0 aliphatic heterocycles. The van der Waals surface area contributed by atoms with Crippen LogP contribution in [0.15, 0.2) is 42.0 Å². The van der Waals surface area contributed by atoms with E-state index < -0.39 is 4.92 Å². The molecule has 128 valence electrons. The highest BCUT2D eigenvalue weighted by atomic mass is 16.6. The zero-order chi connectivity index (χ0) is 17.7. The van der Waals surface area contributed by atoms with Gasteiger partial charge in [-0.3, -0.25) is 10.1 Å². The fourth-order valence-electron chi connectivity index (χ4n) is 2.76. The van der Waals surface area contributed by atoms with Gasteiger partial charge < -0.3 is 4.74 Å². The molecule has 1 aromatic rings. The third-order valence-electron chi connectivity index (χ3n) is 4.53. The molecule has 0 heterocycles. The van der Waals surface area contributed by atoms with Crippen molar-refractivity contribution in [3.8, 4) is 0 Å². The second kappa shape index (κ2) is 7.43. The van der Waals surface area contributed by atoms with Crippen molar-refractivity contribution in [2.45, 2.75) is 40.0 Å². The quantitative estimate of drug-likeness (QED) is 0.317. The summed E-state index contributed by atoms with van der Waals surface area (Å²) in [6, 6.07) is 4.82. The lowest BCUT2D eigenvalue weighted by atomic mass is 9.71. The molecule has 1 saturated carbocycles. The molecule has 0 radical (unpaired) electrons. The lowest BCUT2D eigenvalue weighted by Crippen LogP contribution is -2.31. The molecule has 1 aromatic carbocycles. The molecule has 5 heteroatoms. The third kappa shape index (κ3) is 4.31. The van der Waals surface area contributed by atoms with E-state index in [-0.39, 0.29) is 11.1 Å². The minimum Gasteiger partial charge on any atom is -0.477 e. The Labute approximate surface area is 142 Å². The predicted octanol–water partition coefficient (Wildman–Crippen LogP) is 5.06. The molecular formula is C19H24N2O3. The molecule has 0 saturated heterocycles. The van der Waals surface area contributed by atoms with Crippen LogP contribution in [-0.4, -0.2) is 17.4 Å². The number of aliphatic imine (C=N–C) groups is 1. The van der Waals surface area contributed by atoms with E-state index in [4.69, 9.17) is 4.74 Å². The van der Waals surface area contributed by atoms with Gasteiger partial charge in [0, 0.05) is 23.7 Å². The number of rotatable bonds is 6. The molecule has 1 aliphatic carbocycles. The number of hydrogen-bond acceptors (Lipinski definition) is 4. The van der Waals surface area contributed by atoms with Crippen molar-refractivity contribution in [3.05, 3.63) is 58.3 Å². The summed E-state index contributed by atoms with van der Waals surface area (Å²) >= 11 is 0. The van der Waals surface area contributed by atoms with Gasteiger partial charge in [-0.2, -0.15) is 0 Å². The number of nitro benzene ring substituents is 1. The number of non-ortho nitro benzene ring substituents is 1. The zero-order valence-electron chi connectivity index (χ0n) is 14.5. The van der Waals surface area contributed by atoms with Gasteiger partial charge in [0.1, 0.15) is 0 Å². The third-order valence-corrected chi connectivity index (χ3v) is 4.53. The lowest BCUT2D eigenvalue weighted by Gasteiger charge is -2.37. The first-order valence-electron chi connectivity index (χ1n) is 8.10. The standard InChI is InChI=1S/C19H24N2O3/c1-5-18(24-13-19(4)9-6-10-19)20-12-15(3)17-8-7-16(21(22)23)11-14(17)2/h5,7-8,11-12H,1,6,9-10,13H2,2-4H3/b15-12+,20-18?. The maximum atomic E-state index is 10.8. The summed E-state index contributed by atoms with van der Waals surface area (Å²) in [5, 5.41) is 10.8. The summed E-state index contributed by atoms with van der Waals surface area (Å²) in [4.78, 5) is 14.8. The van der Waals surface area contributed by atoms with Gasteiger partial charge in [0.2, 0.25) is 5.90 Å². The second-order valence-corrected chi connectivity index (χ2v) is 6.69. The molecule has 0 unspecified atom stereocenters. The van der Waals surface area contributed by atoms with Crippen LogP contribution in [0.2, 0.25) is 0 Å². The van der Waals surface area contributed by atoms with E-state index >= 15 is 0 Å². The molecule has 2 rings (SSSR count). The summed E-state index contributed by atoms with van der Waals surface area (Å²) < 4.78 is 5.76. The van der Waals surface area contributed by atoms with Crippen LogP contribution in [0.1, 0.15) is 44.2 Å². The normalized spacial score (nSPS) is 17.1. The molecule has 0 aromatic heterocycles. The minimum absolute atomic E-state index is 0.0939. The number of aryl methyl sites for hydroxylation is 1. The van der Waals surface area contributed by atoms with Gasteiger partial charge >= 0.3 is 0 Å². The summed E-state index contributed by atoms with van der Waals surface area (Å²) in [6.07, 6.45) is 6.96. The molecule has 1 fully saturated rings. The first-order valence-corrected chi connectivity index (χ1v) is 8.10. The maximum absolute atomic E-state index is 10.8. The van der Waals surface area contributed by atoms with E-state index in [1.165, 1.54) is 25.3 Å². The largest absolute Gasteiger partial charge is 0.477 e. The average molecular weight is 328 g/mol. The molecule has 0 amide bonds. The second-order valence-electron chi connectivity index (χ2n) is 6.69. The summed E-state index contributed by atoms with van der Waals surface area (Å²) in [7, 11) is 0. The van der Waals surface area contributed by atoms with E-state index in [0.29, 0.717) is 12.5 Å². The number of nitrogens with zero attached hydrogens (tertiary/aromatic N) is 2. The first-order chi connectivity index (χ1) is 11.3. The van der Waals surface area contributed by atoms with Gasteiger partial charge in [0.05, 0.1) is 11.5 Å². The average Bonchev–Trinajstić information content (AvgIpc) is 2.52. The van der Waals surface area contributed by atoms with E-state index in [9.17, 15) is 10.1 Å². The number of allylic oxidation sites excluding steroid dienone is 1. The van der Waals surface area contributed by atoms with Crippen molar-refractivity contribution in [1.29, 1.82) is 0 Å². The van der Waals surface area contributed by atoms with Crippen LogP contribution >= 0.6 is 0 Å². The Balaban J connectivity index is 2.10. The van der Waals surface area contributed by atoms with Gasteiger partial charge in [0.25, 0.3) is 5.69 Å².